The third-order valence-electron chi connectivity index (χ3n) is 4.07. The second kappa shape index (κ2) is 8.17. The zero-order valence-electron chi connectivity index (χ0n) is 13.6. The maximum atomic E-state index is 12.0. The highest BCUT2D eigenvalue weighted by Crippen LogP contribution is 2.29. The van der Waals surface area contributed by atoms with E-state index in [0.29, 0.717) is 18.4 Å². The Morgan fingerprint density at radius 1 is 1.41 bits per heavy atom. The lowest BCUT2D eigenvalue weighted by Crippen LogP contribution is -2.36. The summed E-state index contributed by atoms with van der Waals surface area (Å²) in [5.74, 6) is 1.13. The molecule has 1 aliphatic rings. The molecule has 0 aliphatic heterocycles. The summed E-state index contributed by atoms with van der Waals surface area (Å²) in [5.41, 5.74) is 0. The van der Waals surface area contributed by atoms with E-state index in [1.165, 1.54) is 19.3 Å². The quantitative estimate of drug-likeness (QED) is 0.756. The van der Waals surface area contributed by atoms with Crippen LogP contribution in [0.15, 0.2) is 12.3 Å². The predicted molar refractivity (Wildman–Crippen MR) is 86.8 cm³/mol. The van der Waals surface area contributed by atoms with E-state index >= 15 is 0 Å². The van der Waals surface area contributed by atoms with Crippen LogP contribution in [0.5, 0.6) is 0 Å². The second-order valence-electron chi connectivity index (χ2n) is 6.57. The summed E-state index contributed by atoms with van der Waals surface area (Å²) in [6, 6.07) is 1.91. The maximum absolute atomic E-state index is 12.0. The van der Waals surface area contributed by atoms with Crippen LogP contribution in [0.2, 0.25) is 0 Å². The predicted octanol–water partition coefficient (Wildman–Crippen LogP) is 2.92. The van der Waals surface area contributed by atoms with E-state index in [1.807, 2.05) is 24.6 Å². The molecule has 1 aliphatic carbocycles. The fraction of sp³-hybridized carbons (Fsp3) is 0.750. The van der Waals surface area contributed by atoms with Gasteiger partial charge in [0.1, 0.15) is 5.82 Å². The first-order chi connectivity index (χ1) is 10.6. The number of hydrogen-bond donors (Lipinski definition) is 3. The molecule has 0 saturated heterocycles. The lowest BCUT2D eigenvalue weighted by molar-refractivity contribution is 0.148. The highest BCUT2D eigenvalue weighted by molar-refractivity contribution is 5.88. The molecule has 6 nitrogen and oxygen atoms in total. The zero-order valence-corrected chi connectivity index (χ0v) is 13.6. The number of carbonyl (C=O) groups excluding carboxylic acids is 1. The summed E-state index contributed by atoms with van der Waals surface area (Å²) in [6.45, 7) is 4.36. The first-order valence-electron chi connectivity index (χ1n) is 8.32. The first-order valence-corrected chi connectivity index (χ1v) is 8.32. The minimum Gasteiger partial charge on any atom is -0.391 e. The minimum atomic E-state index is -0.506. The molecule has 22 heavy (non-hydrogen) atoms. The van der Waals surface area contributed by atoms with Gasteiger partial charge in [0, 0.05) is 12.6 Å². The Morgan fingerprint density at radius 3 is 2.82 bits per heavy atom. The normalized spacial score (nSPS) is 17.5. The van der Waals surface area contributed by atoms with Gasteiger partial charge in [0.05, 0.1) is 18.3 Å². The second-order valence-corrected chi connectivity index (χ2v) is 6.57. The molecule has 1 unspecified atom stereocenters. The Bertz CT molecular complexity index is 466. The fourth-order valence-electron chi connectivity index (χ4n) is 3.03. The minimum absolute atomic E-state index is 0.265. The molecule has 1 saturated carbocycles. The van der Waals surface area contributed by atoms with Crippen molar-refractivity contribution in [1.29, 1.82) is 0 Å². The van der Waals surface area contributed by atoms with Crippen LogP contribution in [-0.2, 0) is 0 Å². The largest absolute Gasteiger partial charge is 0.391 e. The van der Waals surface area contributed by atoms with Crippen LogP contribution in [0.4, 0.5) is 10.6 Å². The van der Waals surface area contributed by atoms with Crippen LogP contribution in [-0.4, -0.2) is 33.6 Å². The number of aliphatic hydroxyl groups is 1. The molecule has 1 fully saturated rings. The molecule has 1 aromatic heterocycles. The summed E-state index contributed by atoms with van der Waals surface area (Å²) >= 11 is 0. The third-order valence-corrected chi connectivity index (χ3v) is 4.07. The van der Waals surface area contributed by atoms with Gasteiger partial charge in [0.25, 0.3) is 0 Å². The molecule has 0 bridgehead atoms. The molecule has 6 heteroatoms. The monoisotopic (exact) mass is 308 g/mol. The van der Waals surface area contributed by atoms with Gasteiger partial charge in [-0.2, -0.15) is 5.10 Å². The Kier molecular flexibility index (Phi) is 6.24. The van der Waals surface area contributed by atoms with Crippen molar-refractivity contribution in [3.8, 4) is 0 Å². The van der Waals surface area contributed by atoms with Gasteiger partial charge in [-0.3, -0.25) is 5.32 Å². The molecule has 0 spiro atoms. The Hall–Kier alpha value is -1.56. The number of hydrogen-bond acceptors (Lipinski definition) is 3. The number of carbonyl (C=O) groups is 1. The fourth-order valence-corrected chi connectivity index (χ4v) is 3.03. The number of rotatable bonds is 6. The average Bonchev–Trinajstić information content (AvgIpc) is 2.93. The summed E-state index contributed by atoms with van der Waals surface area (Å²) < 4.78 is 1.92. The number of nitrogens with one attached hydrogen (secondary N) is 2. The standard InChI is InChI=1S/C16H28N4O2/c1-12(2)10-14(21)11-17-16(22)19-15-8-9-18-20(15)13-6-4-3-5-7-13/h8-9,12-14,21H,3-7,10-11H2,1-2H3,(H2,17,19,22). The van der Waals surface area contributed by atoms with Crippen molar-refractivity contribution in [2.75, 3.05) is 11.9 Å². The van der Waals surface area contributed by atoms with Gasteiger partial charge in [-0.25, -0.2) is 9.48 Å². The van der Waals surface area contributed by atoms with Gasteiger partial charge < -0.3 is 10.4 Å². The summed E-state index contributed by atoms with van der Waals surface area (Å²) in [6.07, 6.45) is 7.85. The van der Waals surface area contributed by atoms with Crippen LogP contribution in [0.25, 0.3) is 0 Å². The Balaban J connectivity index is 1.83. The number of urea groups is 1. The van der Waals surface area contributed by atoms with Gasteiger partial charge in [0.15, 0.2) is 0 Å². The molecule has 2 rings (SSSR count). The van der Waals surface area contributed by atoms with E-state index in [2.05, 4.69) is 15.7 Å². The number of nitrogens with zero attached hydrogens (tertiary/aromatic N) is 2. The Morgan fingerprint density at radius 2 is 2.14 bits per heavy atom. The van der Waals surface area contributed by atoms with Crippen LogP contribution in [0.1, 0.15) is 58.4 Å². The summed E-state index contributed by atoms with van der Waals surface area (Å²) in [4.78, 5) is 12.0. The molecule has 0 aromatic carbocycles. The molecular formula is C16H28N4O2. The van der Waals surface area contributed by atoms with E-state index < -0.39 is 6.10 Å². The van der Waals surface area contributed by atoms with Gasteiger partial charge in [-0.1, -0.05) is 33.1 Å². The molecule has 1 aromatic rings. The molecule has 3 N–H and O–H groups in total. The van der Waals surface area contributed by atoms with Gasteiger partial charge in [0.2, 0.25) is 0 Å². The number of anilines is 1. The maximum Gasteiger partial charge on any atom is 0.320 e. The molecule has 1 atom stereocenters. The van der Waals surface area contributed by atoms with E-state index in [4.69, 9.17) is 0 Å². The van der Waals surface area contributed by atoms with Crippen molar-refractivity contribution in [3.63, 3.8) is 0 Å². The van der Waals surface area contributed by atoms with Crippen LogP contribution in [0, 0.1) is 5.92 Å². The molecule has 0 radical (unpaired) electrons. The van der Waals surface area contributed by atoms with Gasteiger partial charge in [-0.05, 0) is 25.2 Å². The van der Waals surface area contributed by atoms with E-state index in [1.54, 1.807) is 6.20 Å². The van der Waals surface area contributed by atoms with Crippen molar-refractivity contribution >= 4 is 11.8 Å². The van der Waals surface area contributed by atoms with Crippen molar-refractivity contribution < 1.29 is 9.90 Å². The lowest BCUT2D eigenvalue weighted by atomic mass is 9.96. The van der Waals surface area contributed by atoms with Crippen LogP contribution >= 0.6 is 0 Å². The van der Waals surface area contributed by atoms with Gasteiger partial charge in [-0.15, -0.1) is 0 Å². The molecule has 1 heterocycles. The number of amides is 2. The smallest absolute Gasteiger partial charge is 0.320 e. The van der Waals surface area contributed by atoms with Crippen molar-refractivity contribution in [2.24, 2.45) is 5.92 Å². The number of aliphatic hydroxyl groups excluding tert-OH is 1. The van der Waals surface area contributed by atoms with E-state index in [0.717, 1.165) is 18.7 Å². The molecule has 124 valence electrons. The lowest BCUT2D eigenvalue weighted by Gasteiger charge is -2.24. The molecular weight excluding hydrogens is 280 g/mol. The molecule has 2 amide bonds. The number of aromatic nitrogens is 2. The van der Waals surface area contributed by atoms with E-state index in [9.17, 15) is 9.90 Å². The average molecular weight is 308 g/mol. The topological polar surface area (TPSA) is 79.2 Å². The van der Waals surface area contributed by atoms with Crippen molar-refractivity contribution in [1.82, 2.24) is 15.1 Å². The summed E-state index contributed by atoms with van der Waals surface area (Å²) in [7, 11) is 0. The van der Waals surface area contributed by atoms with Crippen molar-refractivity contribution in [3.05, 3.63) is 12.3 Å². The SMILES string of the molecule is CC(C)CC(O)CNC(=O)Nc1ccnn1C1CCCCC1. The van der Waals surface area contributed by atoms with Crippen LogP contribution < -0.4 is 10.6 Å². The highest BCUT2D eigenvalue weighted by Gasteiger charge is 2.19. The Labute approximate surface area is 132 Å². The van der Waals surface area contributed by atoms with Gasteiger partial charge >= 0.3 is 6.03 Å². The van der Waals surface area contributed by atoms with E-state index in [-0.39, 0.29) is 12.6 Å². The first kappa shape index (κ1) is 16.8. The third kappa shape index (κ3) is 5.02. The highest BCUT2D eigenvalue weighted by atomic mass is 16.3. The van der Waals surface area contributed by atoms with Crippen LogP contribution in [0.3, 0.4) is 0 Å². The van der Waals surface area contributed by atoms with Crippen molar-refractivity contribution in [2.45, 2.75) is 64.5 Å². The summed E-state index contributed by atoms with van der Waals surface area (Å²) in [5, 5.41) is 19.7. The zero-order chi connectivity index (χ0) is 15.9.